The van der Waals surface area contributed by atoms with Gasteiger partial charge in [0.15, 0.2) is 5.82 Å². The van der Waals surface area contributed by atoms with Crippen LogP contribution in [0.4, 0.5) is 0 Å². The summed E-state index contributed by atoms with van der Waals surface area (Å²) in [4.78, 5) is 18.2. The number of hydrogen-bond donors (Lipinski definition) is 2. The molecule has 5 nitrogen and oxygen atoms in total. The monoisotopic (exact) mass is 250 g/mol. The predicted molar refractivity (Wildman–Crippen MR) is 61.1 cm³/mol. The Morgan fingerprint density at radius 1 is 1.35 bits per heavy atom. The molecule has 0 bridgehead atoms. The van der Waals surface area contributed by atoms with Crippen LogP contribution >= 0.6 is 11.6 Å². The molecule has 0 atom stereocenters. The van der Waals surface area contributed by atoms with Crippen LogP contribution < -0.4 is 0 Å². The average molecular weight is 251 g/mol. The van der Waals surface area contributed by atoms with E-state index in [1.807, 2.05) is 0 Å². The number of carboxylic acids is 1. The topological polar surface area (TPSA) is 83.3 Å². The minimum absolute atomic E-state index is 0.218. The number of hydrogen-bond acceptors (Lipinski definition) is 4. The van der Waals surface area contributed by atoms with E-state index in [4.69, 9.17) is 16.7 Å². The van der Waals surface area contributed by atoms with E-state index in [-0.39, 0.29) is 11.4 Å². The van der Waals surface area contributed by atoms with Gasteiger partial charge in [0.05, 0.1) is 0 Å². The lowest BCUT2D eigenvalue weighted by atomic mass is 10.2. The Balaban J connectivity index is 2.48. The van der Waals surface area contributed by atoms with E-state index in [0.29, 0.717) is 10.6 Å². The van der Waals surface area contributed by atoms with E-state index in [1.165, 1.54) is 0 Å². The number of carboxylic acid groups (broad SMARTS) is 1. The van der Waals surface area contributed by atoms with Crippen LogP contribution in [0.5, 0.6) is 5.88 Å². The molecule has 0 radical (unpaired) electrons. The predicted octanol–water partition coefficient (Wildman–Crippen LogP) is 2.20. The molecule has 86 valence electrons. The van der Waals surface area contributed by atoms with Gasteiger partial charge in [-0.05, 0) is 12.1 Å². The third kappa shape index (κ3) is 2.34. The van der Waals surface area contributed by atoms with Crippen LogP contribution in [-0.4, -0.2) is 26.2 Å². The molecule has 0 aliphatic carbocycles. The summed E-state index contributed by atoms with van der Waals surface area (Å²) in [6.07, 6.45) is 1.06. The van der Waals surface area contributed by atoms with Gasteiger partial charge in [-0.1, -0.05) is 23.7 Å². The first-order chi connectivity index (χ1) is 8.08. The average Bonchev–Trinajstić information content (AvgIpc) is 2.28. The number of halogens is 1. The van der Waals surface area contributed by atoms with Crippen LogP contribution in [0.2, 0.25) is 5.02 Å². The maximum absolute atomic E-state index is 10.7. The smallest absolute Gasteiger partial charge is 0.342 e. The molecule has 0 spiro atoms. The lowest BCUT2D eigenvalue weighted by molar-refractivity contribution is 0.0692. The van der Waals surface area contributed by atoms with E-state index in [2.05, 4.69) is 9.97 Å². The molecular formula is C11H7ClN2O3. The standard InChI is InChI=1S/C11H7ClN2O3/c12-7-3-1-2-6(4-7)9-13-5-8(11(16)17)10(15)14-9/h1-5H,(H,16,17)(H,13,14,15). The zero-order valence-corrected chi connectivity index (χ0v) is 9.22. The van der Waals surface area contributed by atoms with Gasteiger partial charge >= 0.3 is 5.97 Å². The van der Waals surface area contributed by atoms with Crippen LogP contribution in [0.25, 0.3) is 11.4 Å². The Kier molecular flexibility index (Phi) is 2.93. The number of nitrogens with zero attached hydrogens (tertiary/aromatic N) is 2. The highest BCUT2D eigenvalue weighted by atomic mass is 35.5. The summed E-state index contributed by atoms with van der Waals surface area (Å²) in [5.74, 6) is -1.63. The van der Waals surface area contributed by atoms with Crippen molar-refractivity contribution in [2.24, 2.45) is 0 Å². The Morgan fingerprint density at radius 3 is 2.71 bits per heavy atom. The molecule has 0 saturated carbocycles. The fraction of sp³-hybridized carbons (Fsp3) is 0. The molecule has 1 heterocycles. The molecule has 0 fully saturated rings. The molecular weight excluding hydrogens is 244 g/mol. The fourth-order valence-corrected chi connectivity index (χ4v) is 1.48. The maximum atomic E-state index is 10.7. The summed E-state index contributed by atoms with van der Waals surface area (Å²) >= 11 is 5.80. The number of carbonyl (C=O) groups is 1. The first kappa shape index (κ1) is 11.3. The van der Waals surface area contributed by atoms with Gasteiger partial charge in [-0.2, -0.15) is 4.98 Å². The summed E-state index contributed by atoms with van der Waals surface area (Å²) in [5, 5.41) is 18.6. The van der Waals surface area contributed by atoms with Crippen molar-refractivity contribution in [3.8, 4) is 17.3 Å². The number of aromatic hydroxyl groups is 1. The van der Waals surface area contributed by atoms with Gasteiger partial charge in [0.25, 0.3) is 0 Å². The second-order valence-corrected chi connectivity index (χ2v) is 3.68. The van der Waals surface area contributed by atoms with Crippen molar-refractivity contribution in [3.63, 3.8) is 0 Å². The van der Waals surface area contributed by atoms with E-state index in [9.17, 15) is 9.90 Å². The van der Waals surface area contributed by atoms with Gasteiger partial charge in [-0.3, -0.25) is 0 Å². The normalized spacial score (nSPS) is 10.2. The van der Waals surface area contributed by atoms with Gasteiger partial charge < -0.3 is 10.2 Å². The molecule has 0 unspecified atom stereocenters. The molecule has 17 heavy (non-hydrogen) atoms. The van der Waals surface area contributed by atoms with Crippen molar-refractivity contribution in [1.82, 2.24) is 9.97 Å². The lowest BCUT2D eigenvalue weighted by Crippen LogP contribution is -2.01. The van der Waals surface area contributed by atoms with E-state index >= 15 is 0 Å². The van der Waals surface area contributed by atoms with Crippen LogP contribution in [0.1, 0.15) is 10.4 Å². The van der Waals surface area contributed by atoms with Gasteiger partial charge in [0.2, 0.25) is 5.88 Å². The quantitative estimate of drug-likeness (QED) is 0.854. The van der Waals surface area contributed by atoms with Crippen molar-refractivity contribution >= 4 is 17.6 Å². The zero-order chi connectivity index (χ0) is 12.4. The molecule has 0 amide bonds. The summed E-state index contributed by atoms with van der Waals surface area (Å²) in [6.45, 7) is 0. The molecule has 1 aromatic heterocycles. The molecule has 1 aromatic carbocycles. The minimum atomic E-state index is -1.28. The number of rotatable bonds is 2. The fourth-order valence-electron chi connectivity index (χ4n) is 1.29. The Labute approximate surface area is 101 Å². The van der Waals surface area contributed by atoms with Gasteiger partial charge in [0, 0.05) is 16.8 Å². The van der Waals surface area contributed by atoms with Crippen LogP contribution in [-0.2, 0) is 0 Å². The summed E-state index contributed by atoms with van der Waals surface area (Å²) in [6, 6.07) is 6.73. The Morgan fingerprint density at radius 2 is 2.12 bits per heavy atom. The number of benzene rings is 1. The second kappa shape index (κ2) is 4.39. The third-order valence-electron chi connectivity index (χ3n) is 2.08. The van der Waals surface area contributed by atoms with E-state index in [0.717, 1.165) is 6.20 Å². The lowest BCUT2D eigenvalue weighted by Gasteiger charge is -2.02. The molecule has 6 heteroatoms. The van der Waals surface area contributed by atoms with E-state index < -0.39 is 11.8 Å². The SMILES string of the molecule is O=C(O)c1cnc(-c2cccc(Cl)c2)nc1O. The molecule has 0 saturated heterocycles. The van der Waals surface area contributed by atoms with Crippen molar-refractivity contribution in [1.29, 1.82) is 0 Å². The highest BCUT2D eigenvalue weighted by Crippen LogP contribution is 2.22. The van der Waals surface area contributed by atoms with E-state index in [1.54, 1.807) is 24.3 Å². The number of aromatic nitrogens is 2. The highest BCUT2D eigenvalue weighted by Gasteiger charge is 2.13. The summed E-state index contributed by atoms with van der Waals surface area (Å²) in [5.41, 5.74) is 0.264. The van der Waals surface area contributed by atoms with Crippen molar-refractivity contribution < 1.29 is 15.0 Å². The third-order valence-corrected chi connectivity index (χ3v) is 2.32. The second-order valence-electron chi connectivity index (χ2n) is 3.25. The van der Waals surface area contributed by atoms with Crippen molar-refractivity contribution in [2.45, 2.75) is 0 Å². The van der Waals surface area contributed by atoms with Crippen LogP contribution in [0.15, 0.2) is 30.5 Å². The molecule has 2 rings (SSSR count). The summed E-state index contributed by atoms with van der Waals surface area (Å²) in [7, 11) is 0. The van der Waals surface area contributed by atoms with Gasteiger partial charge in [-0.25, -0.2) is 9.78 Å². The molecule has 2 N–H and O–H groups in total. The molecule has 2 aromatic rings. The first-order valence-electron chi connectivity index (χ1n) is 4.63. The highest BCUT2D eigenvalue weighted by molar-refractivity contribution is 6.30. The number of aromatic carboxylic acids is 1. The van der Waals surface area contributed by atoms with Crippen molar-refractivity contribution in [2.75, 3.05) is 0 Å². The van der Waals surface area contributed by atoms with Crippen LogP contribution in [0, 0.1) is 0 Å². The summed E-state index contributed by atoms with van der Waals surface area (Å²) < 4.78 is 0. The van der Waals surface area contributed by atoms with Crippen molar-refractivity contribution in [3.05, 3.63) is 41.0 Å². The molecule has 0 aliphatic heterocycles. The largest absolute Gasteiger partial charge is 0.493 e. The maximum Gasteiger partial charge on any atom is 0.342 e. The Hall–Kier alpha value is -2.14. The van der Waals surface area contributed by atoms with Gasteiger partial charge in [0.1, 0.15) is 5.56 Å². The molecule has 0 aliphatic rings. The Bertz CT molecular complexity index is 587. The first-order valence-corrected chi connectivity index (χ1v) is 5.01. The van der Waals surface area contributed by atoms with Crippen LogP contribution in [0.3, 0.4) is 0 Å². The zero-order valence-electron chi connectivity index (χ0n) is 8.46. The minimum Gasteiger partial charge on any atom is -0.493 e. The van der Waals surface area contributed by atoms with Gasteiger partial charge in [-0.15, -0.1) is 0 Å².